The molecule has 6 atom stereocenters. The molecule has 1 aliphatic heterocycles. The zero-order valence-corrected chi connectivity index (χ0v) is 18.3. The first-order valence-electron chi connectivity index (χ1n) is 10.8. The van der Waals surface area contributed by atoms with E-state index in [9.17, 15) is 15.6 Å². The van der Waals surface area contributed by atoms with Crippen molar-refractivity contribution in [3.63, 3.8) is 0 Å². The van der Waals surface area contributed by atoms with Crippen molar-refractivity contribution in [2.75, 3.05) is 0 Å². The number of ether oxygens (including phenoxy) is 1. The van der Waals surface area contributed by atoms with Crippen LogP contribution in [-0.4, -0.2) is 22.6 Å². The third-order valence-corrected chi connectivity index (χ3v) is 7.11. The number of carbonyl (C=O) groups is 1. The predicted molar refractivity (Wildman–Crippen MR) is 121 cm³/mol. The Bertz CT molecular complexity index is 1150. The molecule has 1 aliphatic carbocycles. The van der Waals surface area contributed by atoms with Gasteiger partial charge in [-0.15, -0.1) is 0 Å². The molecule has 1 saturated heterocycles. The molecular formula is C25H25N5O2. The minimum atomic E-state index is -1.15. The molecule has 1 saturated carbocycles. The zero-order valence-electron chi connectivity index (χ0n) is 18.3. The summed E-state index contributed by atoms with van der Waals surface area (Å²) >= 11 is 0. The van der Waals surface area contributed by atoms with E-state index in [1.54, 1.807) is 12.3 Å². The first-order chi connectivity index (χ1) is 15.4. The molecule has 2 aliphatic rings. The van der Waals surface area contributed by atoms with E-state index in [1.165, 1.54) is 0 Å². The molecule has 162 valence electrons. The Morgan fingerprint density at radius 1 is 1.28 bits per heavy atom. The number of nitriles is 1. The highest BCUT2D eigenvalue weighted by molar-refractivity contribution is 5.84. The summed E-state index contributed by atoms with van der Waals surface area (Å²) in [6, 6.07) is 13.5. The maximum absolute atomic E-state index is 12.7. The maximum atomic E-state index is 12.7. The summed E-state index contributed by atoms with van der Waals surface area (Å²) in [6.07, 6.45) is 5.97. The number of hydrogen-bond acceptors (Lipinski definition) is 5. The Balaban J connectivity index is 1.64. The molecule has 7 nitrogen and oxygen atoms in total. The van der Waals surface area contributed by atoms with Crippen LogP contribution in [-0.2, 0) is 9.53 Å². The van der Waals surface area contributed by atoms with Crippen molar-refractivity contribution in [2.24, 2.45) is 28.8 Å². The van der Waals surface area contributed by atoms with Gasteiger partial charge in [-0.3, -0.25) is 9.78 Å². The van der Waals surface area contributed by atoms with Gasteiger partial charge in [-0.05, 0) is 54.8 Å². The van der Waals surface area contributed by atoms with Crippen molar-refractivity contribution in [2.45, 2.75) is 38.8 Å². The minimum absolute atomic E-state index is 0.00601. The Kier molecular flexibility index (Phi) is 5.73. The summed E-state index contributed by atoms with van der Waals surface area (Å²) in [5, 5.41) is 13.3. The molecule has 0 spiro atoms. The number of cyclic esters (lactones) is 1. The fourth-order valence-electron chi connectivity index (χ4n) is 5.33. The number of hydrogen-bond donors (Lipinski definition) is 0. The highest BCUT2D eigenvalue weighted by atomic mass is 16.6. The fourth-order valence-corrected chi connectivity index (χ4v) is 5.33. The average molecular weight is 428 g/mol. The smallest absolute Gasteiger partial charge is 0.318 e. The van der Waals surface area contributed by atoms with Gasteiger partial charge >= 0.3 is 5.97 Å². The lowest BCUT2D eigenvalue weighted by Crippen LogP contribution is -2.51. The van der Waals surface area contributed by atoms with E-state index < -0.39 is 11.5 Å². The van der Waals surface area contributed by atoms with Crippen LogP contribution >= 0.6 is 0 Å². The number of azide groups is 1. The van der Waals surface area contributed by atoms with Crippen molar-refractivity contribution >= 4 is 12.0 Å². The topological polar surface area (TPSA) is 112 Å². The quantitative estimate of drug-likeness (QED) is 0.276. The van der Waals surface area contributed by atoms with E-state index in [1.807, 2.05) is 43.3 Å². The molecule has 7 heteroatoms. The summed E-state index contributed by atoms with van der Waals surface area (Å²) < 4.78 is 5.55. The number of nitrogens with zero attached hydrogens (tertiary/aromatic N) is 5. The van der Waals surface area contributed by atoms with Crippen LogP contribution in [0.4, 0.5) is 0 Å². The lowest BCUT2D eigenvalue weighted by molar-refractivity contribution is -0.145. The van der Waals surface area contributed by atoms with Gasteiger partial charge in [-0.1, -0.05) is 49.3 Å². The fraction of sp³-hybridized carbons (Fsp3) is 0.400. The lowest BCUT2D eigenvalue weighted by atomic mass is 9.59. The summed E-state index contributed by atoms with van der Waals surface area (Å²) in [5.74, 6) is -0.135. The molecule has 0 radical (unpaired) electrons. The third-order valence-electron chi connectivity index (χ3n) is 7.11. The van der Waals surface area contributed by atoms with E-state index in [0.29, 0.717) is 12.0 Å². The van der Waals surface area contributed by atoms with Gasteiger partial charge < -0.3 is 4.74 Å². The van der Waals surface area contributed by atoms with Crippen LogP contribution in [0.1, 0.15) is 38.4 Å². The molecule has 2 heterocycles. The van der Waals surface area contributed by atoms with Crippen molar-refractivity contribution in [1.29, 1.82) is 5.26 Å². The maximum Gasteiger partial charge on any atom is 0.318 e. The van der Waals surface area contributed by atoms with Gasteiger partial charge in [0.2, 0.25) is 0 Å². The van der Waals surface area contributed by atoms with Crippen molar-refractivity contribution in [3.05, 3.63) is 70.4 Å². The highest BCUT2D eigenvalue weighted by Gasteiger charge is 2.62. The summed E-state index contributed by atoms with van der Waals surface area (Å²) in [4.78, 5) is 20.2. The molecule has 0 bridgehead atoms. The summed E-state index contributed by atoms with van der Waals surface area (Å²) in [6.45, 7) is 6.14. The molecule has 32 heavy (non-hydrogen) atoms. The van der Waals surface area contributed by atoms with E-state index in [2.05, 4.69) is 41.0 Å². The van der Waals surface area contributed by atoms with Gasteiger partial charge in [-0.2, -0.15) is 5.26 Å². The molecule has 4 rings (SSSR count). The molecular weight excluding hydrogens is 402 g/mol. The average Bonchev–Trinajstić information content (AvgIpc) is 3.04. The Morgan fingerprint density at radius 3 is 2.75 bits per heavy atom. The molecule has 0 amide bonds. The van der Waals surface area contributed by atoms with E-state index in [0.717, 1.165) is 16.8 Å². The van der Waals surface area contributed by atoms with Crippen LogP contribution in [0.5, 0.6) is 0 Å². The highest BCUT2D eigenvalue weighted by Crippen LogP contribution is 2.53. The molecule has 2 fully saturated rings. The summed E-state index contributed by atoms with van der Waals surface area (Å²) in [5.41, 5.74) is 11.1. The second-order valence-electron chi connectivity index (χ2n) is 8.86. The first kappa shape index (κ1) is 21.6. The monoisotopic (exact) mass is 427 g/mol. The lowest BCUT2D eigenvalue weighted by Gasteiger charge is -2.45. The number of pyridine rings is 1. The van der Waals surface area contributed by atoms with Crippen LogP contribution in [0.2, 0.25) is 0 Å². The predicted octanol–water partition coefficient (Wildman–Crippen LogP) is 5.54. The molecule has 2 aromatic rings. The molecule has 0 N–H and O–H groups in total. The van der Waals surface area contributed by atoms with Gasteiger partial charge in [0.15, 0.2) is 5.54 Å². The molecule has 1 aromatic carbocycles. The van der Waals surface area contributed by atoms with Crippen molar-refractivity contribution < 1.29 is 9.53 Å². The molecule has 0 unspecified atom stereocenters. The normalized spacial score (nSPS) is 31.4. The number of aromatic nitrogens is 1. The number of fused-ring (bicyclic) bond motifs is 1. The van der Waals surface area contributed by atoms with E-state index >= 15 is 0 Å². The van der Waals surface area contributed by atoms with Gasteiger partial charge in [-0.25, -0.2) is 0 Å². The van der Waals surface area contributed by atoms with Crippen molar-refractivity contribution in [1.82, 2.24) is 4.98 Å². The minimum Gasteiger partial charge on any atom is -0.462 e. The van der Waals surface area contributed by atoms with Gasteiger partial charge in [0.1, 0.15) is 6.10 Å². The second kappa shape index (κ2) is 8.49. The zero-order chi connectivity index (χ0) is 22.9. The Morgan fingerprint density at radius 2 is 2.06 bits per heavy atom. The first-order valence-corrected chi connectivity index (χ1v) is 10.8. The van der Waals surface area contributed by atoms with E-state index in [4.69, 9.17) is 4.74 Å². The number of rotatable bonds is 4. The van der Waals surface area contributed by atoms with Gasteiger partial charge in [0.25, 0.3) is 0 Å². The Hall–Kier alpha value is -3.62. The van der Waals surface area contributed by atoms with Crippen molar-refractivity contribution in [3.8, 4) is 17.2 Å². The van der Waals surface area contributed by atoms with Crippen LogP contribution < -0.4 is 0 Å². The molecule has 1 aromatic heterocycles. The SMILES string of the molecule is C[C@H]1[C@H](C=Cc2ccc(-c3ccccc3C#N)cn2)[C@@H]2[C@@H](C)OC(=O)[C@]2(N=[N+]=[N-])C[C@@H]1C. The number of allylic oxidation sites excluding steroid dienone is 1. The Labute approximate surface area is 187 Å². The third kappa shape index (κ3) is 3.53. The summed E-state index contributed by atoms with van der Waals surface area (Å²) in [7, 11) is 0. The largest absolute Gasteiger partial charge is 0.462 e. The van der Waals surface area contributed by atoms with E-state index in [-0.39, 0.29) is 29.8 Å². The number of benzene rings is 1. The van der Waals surface area contributed by atoms with Crippen LogP contribution in [0.15, 0.2) is 53.8 Å². The van der Waals surface area contributed by atoms with Crippen LogP contribution in [0, 0.1) is 35.0 Å². The van der Waals surface area contributed by atoms with Gasteiger partial charge in [0.05, 0.1) is 17.3 Å². The van der Waals surface area contributed by atoms with Gasteiger partial charge in [0, 0.05) is 28.2 Å². The van der Waals surface area contributed by atoms with Crippen LogP contribution in [0.25, 0.3) is 27.6 Å². The standard InChI is InChI=1S/C25H25N5O2/c1-15-12-25(29-30-27)23(17(3)32-24(25)31)21(16(15)2)11-10-20-9-8-19(14-28-20)22-7-5-4-6-18(22)13-26/h4-11,14-17,21,23H,12H2,1-3H3/t15-,16+,17+,21-,23-,25-/m0/s1. The second-order valence-corrected chi connectivity index (χ2v) is 8.86. The number of carbonyl (C=O) groups excluding carboxylic acids is 1. The van der Waals surface area contributed by atoms with Crippen LogP contribution in [0.3, 0.4) is 0 Å². The number of esters is 1.